The van der Waals surface area contributed by atoms with Crippen molar-refractivity contribution in [2.75, 3.05) is 7.11 Å². The number of hydrogen-bond donors (Lipinski definition) is 1. The Morgan fingerprint density at radius 1 is 1.24 bits per heavy atom. The molecule has 0 radical (unpaired) electrons. The molecule has 0 saturated carbocycles. The normalized spacial score (nSPS) is 10.8. The highest BCUT2D eigenvalue weighted by molar-refractivity contribution is 9.10. The van der Waals surface area contributed by atoms with Gasteiger partial charge in [-0.05, 0) is 52.3 Å². The summed E-state index contributed by atoms with van der Waals surface area (Å²) in [4.78, 5) is 12.5. The van der Waals surface area contributed by atoms with Crippen LogP contribution < -0.4 is 4.74 Å². The highest BCUT2D eigenvalue weighted by Crippen LogP contribution is 2.33. The maximum absolute atomic E-state index is 12.5. The summed E-state index contributed by atoms with van der Waals surface area (Å²) >= 11 is 3.30. The van der Waals surface area contributed by atoms with Gasteiger partial charge in [0.05, 0.1) is 17.1 Å². The number of halogens is 1. The molecule has 1 heterocycles. The Labute approximate surface area is 129 Å². The molecule has 0 atom stereocenters. The number of methoxy groups -OCH3 is 1. The minimum Gasteiger partial charge on any atom is -0.508 e. The first kappa shape index (κ1) is 13.7. The number of rotatable bonds is 3. The molecule has 0 unspecified atom stereocenters. The van der Waals surface area contributed by atoms with Crippen molar-refractivity contribution in [3.8, 4) is 11.5 Å². The summed E-state index contributed by atoms with van der Waals surface area (Å²) in [6, 6.07) is 9.87. The number of benzene rings is 2. The zero-order valence-corrected chi connectivity index (χ0v) is 12.7. The largest absolute Gasteiger partial charge is 0.508 e. The van der Waals surface area contributed by atoms with Crippen LogP contribution in [0.25, 0.3) is 11.0 Å². The molecule has 0 fully saturated rings. The van der Waals surface area contributed by atoms with Gasteiger partial charge < -0.3 is 14.3 Å². The number of phenolic OH excluding ortho intramolecular Hbond substituents is 1. The number of carbonyl (C=O) groups is 1. The van der Waals surface area contributed by atoms with E-state index in [0.29, 0.717) is 32.3 Å². The predicted molar refractivity (Wildman–Crippen MR) is 82.0 cm³/mol. The summed E-state index contributed by atoms with van der Waals surface area (Å²) in [5, 5.41) is 10.2. The quantitative estimate of drug-likeness (QED) is 0.724. The lowest BCUT2D eigenvalue weighted by Crippen LogP contribution is -2.00. The molecule has 4 nitrogen and oxygen atoms in total. The second-order valence-corrected chi connectivity index (χ2v) is 5.37. The van der Waals surface area contributed by atoms with Crippen LogP contribution in [0.4, 0.5) is 0 Å². The molecule has 2 aromatic carbocycles. The summed E-state index contributed by atoms with van der Waals surface area (Å²) in [6.07, 6.45) is 1.40. The summed E-state index contributed by atoms with van der Waals surface area (Å²) in [7, 11) is 1.57. The lowest BCUT2D eigenvalue weighted by atomic mass is 10.0. The van der Waals surface area contributed by atoms with Gasteiger partial charge in [0.1, 0.15) is 23.3 Å². The molecule has 0 spiro atoms. The summed E-state index contributed by atoms with van der Waals surface area (Å²) in [6.45, 7) is 0. The molecule has 0 aliphatic rings. The van der Waals surface area contributed by atoms with Crippen molar-refractivity contribution in [3.63, 3.8) is 0 Å². The Kier molecular flexibility index (Phi) is 3.43. The fourth-order valence-corrected chi connectivity index (χ4v) is 2.70. The summed E-state index contributed by atoms with van der Waals surface area (Å²) < 4.78 is 11.1. The zero-order chi connectivity index (χ0) is 15.0. The molecule has 0 aliphatic carbocycles. The summed E-state index contributed by atoms with van der Waals surface area (Å²) in [5.41, 5.74) is 1.47. The first-order valence-electron chi connectivity index (χ1n) is 6.18. The van der Waals surface area contributed by atoms with E-state index >= 15 is 0 Å². The fourth-order valence-electron chi connectivity index (χ4n) is 2.15. The molecule has 0 saturated heterocycles. The molecule has 1 N–H and O–H groups in total. The predicted octanol–water partition coefficient (Wildman–Crippen LogP) is 4.14. The van der Waals surface area contributed by atoms with Crippen LogP contribution in [-0.2, 0) is 0 Å². The van der Waals surface area contributed by atoms with E-state index in [-0.39, 0.29) is 11.5 Å². The third-order valence-electron chi connectivity index (χ3n) is 3.21. The highest BCUT2D eigenvalue weighted by atomic mass is 79.9. The van der Waals surface area contributed by atoms with Gasteiger partial charge in [-0.2, -0.15) is 0 Å². The third kappa shape index (κ3) is 2.40. The van der Waals surface area contributed by atoms with Gasteiger partial charge in [-0.3, -0.25) is 4.79 Å². The number of furan rings is 1. The molecule has 5 heteroatoms. The maximum Gasteiger partial charge on any atom is 0.196 e. The van der Waals surface area contributed by atoms with Crippen molar-refractivity contribution in [2.24, 2.45) is 0 Å². The minimum atomic E-state index is -0.172. The van der Waals surface area contributed by atoms with Crippen molar-refractivity contribution in [1.29, 1.82) is 0 Å². The number of ketones is 1. The van der Waals surface area contributed by atoms with E-state index in [9.17, 15) is 9.90 Å². The first-order valence-corrected chi connectivity index (χ1v) is 6.98. The average molecular weight is 347 g/mol. The van der Waals surface area contributed by atoms with E-state index in [1.165, 1.54) is 18.4 Å². The minimum absolute atomic E-state index is 0.0690. The van der Waals surface area contributed by atoms with Crippen molar-refractivity contribution in [1.82, 2.24) is 0 Å². The Hall–Kier alpha value is -2.27. The van der Waals surface area contributed by atoms with E-state index in [0.717, 1.165) is 0 Å². The molecule has 0 bridgehead atoms. The second-order valence-electron chi connectivity index (χ2n) is 4.51. The molecular formula is C16H11BrO4. The van der Waals surface area contributed by atoms with Crippen LogP contribution in [0.1, 0.15) is 15.9 Å². The van der Waals surface area contributed by atoms with Gasteiger partial charge in [-0.25, -0.2) is 0 Å². The van der Waals surface area contributed by atoms with Crippen LogP contribution in [-0.4, -0.2) is 18.0 Å². The van der Waals surface area contributed by atoms with Crippen molar-refractivity contribution in [3.05, 3.63) is 58.3 Å². The van der Waals surface area contributed by atoms with Crippen LogP contribution in [0.2, 0.25) is 0 Å². The smallest absolute Gasteiger partial charge is 0.196 e. The van der Waals surface area contributed by atoms with E-state index in [1.54, 1.807) is 31.4 Å². The lowest BCUT2D eigenvalue weighted by Gasteiger charge is -2.02. The Morgan fingerprint density at radius 3 is 2.62 bits per heavy atom. The first-order chi connectivity index (χ1) is 10.1. The molecular weight excluding hydrogens is 336 g/mol. The van der Waals surface area contributed by atoms with E-state index in [2.05, 4.69) is 15.9 Å². The topological polar surface area (TPSA) is 59.7 Å². The number of aromatic hydroxyl groups is 1. The molecule has 106 valence electrons. The fraction of sp³-hybridized carbons (Fsp3) is 0.0625. The molecule has 0 amide bonds. The van der Waals surface area contributed by atoms with Crippen molar-refractivity contribution < 1.29 is 19.1 Å². The molecule has 21 heavy (non-hydrogen) atoms. The maximum atomic E-state index is 12.5. The second kappa shape index (κ2) is 5.26. The Bertz CT molecular complexity index is 818. The van der Waals surface area contributed by atoms with E-state index in [1.807, 2.05) is 0 Å². The average Bonchev–Trinajstić information content (AvgIpc) is 2.90. The van der Waals surface area contributed by atoms with Gasteiger partial charge in [0, 0.05) is 10.9 Å². The molecule has 1 aromatic heterocycles. The standard InChI is InChI=1S/C16H11BrO4/c1-20-11-4-2-9(3-5-11)15(19)13-8-21-16-12(13)6-10(18)7-14(16)17/h2-8,18H,1H3. The van der Waals surface area contributed by atoms with Gasteiger partial charge in [0.2, 0.25) is 0 Å². The highest BCUT2D eigenvalue weighted by Gasteiger charge is 2.18. The molecule has 3 rings (SSSR count). The van der Waals surface area contributed by atoms with Gasteiger partial charge in [0.15, 0.2) is 5.78 Å². The van der Waals surface area contributed by atoms with Crippen LogP contribution in [0, 0.1) is 0 Å². The van der Waals surface area contributed by atoms with Gasteiger partial charge in [0.25, 0.3) is 0 Å². The number of ether oxygens (including phenoxy) is 1. The Morgan fingerprint density at radius 2 is 1.95 bits per heavy atom. The van der Waals surface area contributed by atoms with Crippen LogP contribution in [0.3, 0.4) is 0 Å². The number of carbonyl (C=O) groups excluding carboxylic acids is 1. The van der Waals surface area contributed by atoms with Crippen LogP contribution in [0.15, 0.2) is 51.6 Å². The van der Waals surface area contributed by atoms with Crippen molar-refractivity contribution >= 4 is 32.7 Å². The number of phenols is 1. The lowest BCUT2D eigenvalue weighted by molar-refractivity contribution is 0.103. The van der Waals surface area contributed by atoms with Gasteiger partial charge in [-0.15, -0.1) is 0 Å². The van der Waals surface area contributed by atoms with E-state index < -0.39 is 0 Å². The number of fused-ring (bicyclic) bond motifs is 1. The van der Waals surface area contributed by atoms with Crippen LogP contribution >= 0.6 is 15.9 Å². The SMILES string of the molecule is COc1ccc(C(=O)c2coc3c(Br)cc(O)cc23)cc1. The molecule has 0 aliphatic heterocycles. The monoisotopic (exact) mass is 346 g/mol. The van der Waals surface area contributed by atoms with Crippen LogP contribution in [0.5, 0.6) is 11.5 Å². The van der Waals surface area contributed by atoms with Crippen molar-refractivity contribution in [2.45, 2.75) is 0 Å². The number of hydrogen-bond acceptors (Lipinski definition) is 4. The van der Waals surface area contributed by atoms with Gasteiger partial charge >= 0.3 is 0 Å². The molecule has 3 aromatic rings. The Balaban J connectivity index is 2.09. The van der Waals surface area contributed by atoms with E-state index in [4.69, 9.17) is 9.15 Å². The zero-order valence-electron chi connectivity index (χ0n) is 11.1. The van der Waals surface area contributed by atoms with Gasteiger partial charge in [-0.1, -0.05) is 0 Å². The third-order valence-corrected chi connectivity index (χ3v) is 3.80. The summed E-state index contributed by atoms with van der Waals surface area (Å²) in [5.74, 6) is 0.581.